The first-order valence-corrected chi connectivity index (χ1v) is 7.31. The van der Waals surface area contributed by atoms with E-state index in [4.69, 9.17) is 0 Å². The van der Waals surface area contributed by atoms with Crippen molar-refractivity contribution in [3.8, 4) is 0 Å². The van der Waals surface area contributed by atoms with Crippen LogP contribution in [0, 0.1) is 31.6 Å². The molecule has 4 nitrogen and oxygen atoms in total. The molecule has 1 heterocycles. The topological polar surface area (TPSA) is 62.2 Å². The highest BCUT2D eigenvalue weighted by Crippen LogP contribution is 2.49. The zero-order chi connectivity index (χ0) is 12.9. The highest BCUT2D eigenvalue weighted by molar-refractivity contribution is 7.15. The monoisotopic (exact) mass is 266 g/mol. The Morgan fingerprint density at radius 2 is 2.11 bits per heavy atom. The highest BCUT2D eigenvalue weighted by Gasteiger charge is 2.51. The maximum atomic E-state index is 11.4. The van der Waals surface area contributed by atoms with Crippen molar-refractivity contribution in [1.82, 2.24) is 4.98 Å². The van der Waals surface area contributed by atoms with Crippen LogP contribution >= 0.6 is 11.3 Å². The molecule has 18 heavy (non-hydrogen) atoms. The molecule has 1 aromatic rings. The number of anilines is 1. The number of nitrogens with zero attached hydrogens (tertiary/aromatic N) is 1. The van der Waals surface area contributed by atoms with E-state index < -0.39 is 5.97 Å². The lowest BCUT2D eigenvalue weighted by Gasteiger charge is -2.28. The molecular formula is C13H18N2O2S. The molecule has 0 spiro atoms. The number of fused-ring (bicyclic) bond motifs is 2. The third-order valence-electron chi connectivity index (χ3n) is 4.52. The van der Waals surface area contributed by atoms with Gasteiger partial charge in [-0.3, -0.25) is 4.79 Å². The lowest BCUT2D eigenvalue weighted by atomic mass is 9.84. The lowest BCUT2D eigenvalue weighted by Crippen LogP contribution is -2.39. The summed E-state index contributed by atoms with van der Waals surface area (Å²) in [6.45, 7) is 4.04. The van der Waals surface area contributed by atoms with E-state index in [1.165, 1.54) is 4.88 Å². The summed E-state index contributed by atoms with van der Waals surface area (Å²) in [5.41, 5.74) is 1.04. The molecule has 2 bridgehead atoms. The van der Waals surface area contributed by atoms with Gasteiger partial charge in [0.2, 0.25) is 0 Å². The van der Waals surface area contributed by atoms with Crippen molar-refractivity contribution in [2.75, 3.05) is 5.32 Å². The molecule has 4 atom stereocenters. The summed E-state index contributed by atoms with van der Waals surface area (Å²) < 4.78 is 0. The van der Waals surface area contributed by atoms with Gasteiger partial charge in [-0.25, -0.2) is 4.98 Å². The van der Waals surface area contributed by atoms with Crippen LogP contribution in [0.15, 0.2) is 0 Å². The summed E-state index contributed by atoms with van der Waals surface area (Å²) in [5, 5.41) is 13.7. The molecule has 2 saturated carbocycles. The maximum Gasteiger partial charge on any atom is 0.308 e. The minimum Gasteiger partial charge on any atom is -0.481 e. The average Bonchev–Trinajstić information content (AvgIpc) is 2.95. The van der Waals surface area contributed by atoms with Crippen LogP contribution in [0.3, 0.4) is 0 Å². The van der Waals surface area contributed by atoms with Crippen LogP contribution in [0.25, 0.3) is 0 Å². The second kappa shape index (κ2) is 4.23. The molecule has 98 valence electrons. The van der Waals surface area contributed by atoms with Gasteiger partial charge in [0, 0.05) is 10.9 Å². The Bertz CT molecular complexity index is 466. The Morgan fingerprint density at radius 1 is 1.39 bits per heavy atom. The number of rotatable bonds is 3. The van der Waals surface area contributed by atoms with Crippen molar-refractivity contribution in [3.05, 3.63) is 10.6 Å². The van der Waals surface area contributed by atoms with Gasteiger partial charge in [-0.05, 0) is 44.9 Å². The highest BCUT2D eigenvalue weighted by atomic mass is 32.1. The second-order valence-corrected chi connectivity index (χ2v) is 6.73. The number of nitrogens with one attached hydrogen (secondary N) is 1. The standard InChI is InChI=1S/C13H18N2O2S/c1-6-7(2)18-13(14-6)15-11-9-4-3-8(5-9)10(11)12(16)17/h8-11H,3-5H2,1-2H3,(H,14,15)(H,16,17). The molecule has 0 aliphatic heterocycles. The Kier molecular flexibility index (Phi) is 2.81. The molecule has 4 unspecified atom stereocenters. The predicted molar refractivity (Wildman–Crippen MR) is 71.0 cm³/mol. The normalized spacial score (nSPS) is 33.9. The van der Waals surface area contributed by atoms with Crippen LogP contribution in [0.1, 0.15) is 29.8 Å². The van der Waals surface area contributed by atoms with E-state index in [0.29, 0.717) is 11.8 Å². The van der Waals surface area contributed by atoms with E-state index in [-0.39, 0.29) is 12.0 Å². The summed E-state index contributed by atoms with van der Waals surface area (Å²) in [6, 6.07) is 0.0752. The summed E-state index contributed by atoms with van der Waals surface area (Å²) in [7, 11) is 0. The SMILES string of the molecule is Cc1nc(NC2C3CCC(C3)C2C(=O)O)sc1C. The minimum atomic E-state index is -0.648. The molecule has 0 saturated heterocycles. The number of thiazole rings is 1. The zero-order valence-electron chi connectivity index (χ0n) is 10.6. The second-order valence-electron chi connectivity index (χ2n) is 5.53. The van der Waals surface area contributed by atoms with Gasteiger partial charge in [-0.2, -0.15) is 0 Å². The molecule has 0 aromatic carbocycles. The third-order valence-corrected chi connectivity index (χ3v) is 5.52. The van der Waals surface area contributed by atoms with Gasteiger partial charge in [0.15, 0.2) is 5.13 Å². The molecule has 2 aliphatic carbocycles. The Hall–Kier alpha value is -1.10. The minimum absolute atomic E-state index is 0.0752. The van der Waals surface area contributed by atoms with E-state index in [1.54, 1.807) is 11.3 Å². The quantitative estimate of drug-likeness (QED) is 0.883. The molecule has 2 aliphatic rings. The molecular weight excluding hydrogens is 248 g/mol. The van der Waals surface area contributed by atoms with E-state index in [0.717, 1.165) is 30.1 Å². The largest absolute Gasteiger partial charge is 0.481 e. The van der Waals surface area contributed by atoms with Crippen LogP contribution in [0.4, 0.5) is 5.13 Å². The Balaban J connectivity index is 1.80. The van der Waals surface area contributed by atoms with Gasteiger partial charge in [-0.1, -0.05) is 0 Å². The summed E-state index contributed by atoms with van der Waals surface area (Å²) in [4.78, 5) is 17.1. The molecule has 0 radical (unpaired) electrons. The summed E-state index contributed by atoms with van der Waals surface area (Å²) in [5.74, 6) is 0.00531. The first-order chi connectivity index (χ1) is 8.56. The fourth-order valence-corrected chi connectivity index (χ4v) is 4.39. The lowest BCUT2D eigenvalue weighted by molar-refractivity contribution is -0.143. The number of hydrogen-bond acceptors (Lipinski definition) is 4. The first-order valence-electron chi connectivity index (χ1n) is 6.49. The predicted octanol–water partition coefficient (Wildman–Crippen LogP) is 2.67. The van der Waals surface area contributed by atoms with E-state index >= 15 is 0 Å². The number of hydrogen-bond donors (Lipinski definition) is 2. The molecule has 2 N–H and O–H groups in total. The Morgan fingerprint density at radius 3 is 2.72 bits per heavy atom. The molecule has 3 rings (SSSR count). The number of aliphatic carboxylic acids is 1. The fraction of sp³-hybridized carbons (Fsp3) is 0.692. The number of carbonyl (C=O) groups is 1. The van der Waals surface area contributed by atoms with E-state index in [2.05, 4.69) is 10.3 Å². The van der Waals surface area contributed by atoms with Gasteiger partial charge < -0.3 is 10.4 Å². The Labute approximate surface area is 110 Å². The molecule has 1 aromatic heterocycles. The molecule has 2 fully saturated rings. The van der Waals surface area contributed by atoms with Gasteiger partial charge in [0.05, 0.1) is 11.6 Å². The van der Waals surface area contributed by atoms with Gasteiger partial charge in [0.1, 0.15) is 0 Å². The number of aromatic nitrogens is 1. The number of carboxylic acids is 1. The third kappa shape index (κ3) is 1.81. The van der Waals surface area contributed by atoms with Gasteiger partial charge in [-0.15, -0.1) is 11.3 Å². The molecule has 5 heteroatoms. The summed E-state index contributed by atoms with van der Waals surface area (Å²) in [6.07, 6.45) is 3.31. The smallest absolute Gasteiger partial charge is 0.308 e. The van der Waals surface area contributed by atoms with Crippen LogP contribution in [-0.2, 0) is 4.79 Å². The number of carboxylic acid groups (broad SMARTS) is 1. The van der Waals surface area contributed by atoms with Crippen LogP contribution in [0.5, 0.6) is 0 Å². The van der Waals surface area contributed by atoms with Crippen LogP contribution < -0.4 is 5.32 Å². The van der Waals surface area contributed by atoms with E-state index in [1.807, 2.05) is 13.8 Å². The van der Waals surface area contributed by atoms with Gasteiger partial charge in [0.25, 0.3) is 0 Å². The summed E-state index contributed by atoms with van der Waals surface area (Å²) >= 11 is 1.63. The van der Waals surface area contributed by atoms with Crippen molar-refractivity contribution < 1.29 is 9.90 Å². The van der Waals surface area contributed by atoms with Crippen LogP contribution in [0.2, 0.25) is 0 Å². The maximum absolute atomic E-state index is 11.4. The van der Waals surface area contributed by atoms with Gasteiger partial charge >= 0.3 is 5.97 Å². The zero-order valence-corrected chi connectivity index (χ0v) is 11.5. The number of aryl methyl sites for hydroxylation is 2. The van der Waals surface area contributed by atoms with Crippen molar-refractivity contribution in [1.29, 1.82) is 0 Å². The van der Waals surface area contributed by atoms with Crippen molar-refractivity contribution in [3.63, 3.8) is 0 Å². The fourth-order valence-electron chi connectivity index (χ4n) is 3.53. The van der Waals surface area contributed by atoms with E-state index in [9.17, 15) is 9.90 Å². The first kappa shape index (κ1) is 12.0. The average molecular weight is 266 g/mol. The van der Waals surface area contributed by atoms with Crippen LogP contribution in [-0.4, -0.2) is 22.1 Å². The molecule has 0 amide bonds. The van der Waals surface area contributed by atoms with Crippen molar-refractivity contribution in [2.24, 2.45) is 17.8 Å². The van der Waals surface area contributed by atoms with Crippen molar-refractivity contribution in [2.45, 2.75) is 39.2 Å². The van der Waals surface area contributed by atoms with Crippen molar-refractivity contribution >= 4 is 22.4 Å².